The Labute approximate surface area is 356 Å². The van der Waals surface area contributed by atoms with Gasteiger partial charge in [0, 0.05) is 46.5 Å². The lowest BCUT2D eigenvalue weighted by atomic mass is 10.0. The van der Waals surface area contributed by atoms with Gasteiger partial charge in [-0.15, -0.1) is 49.6 Å². The molecule has 0 atom stereocenters. The van der Waals surface area contributed by atoms with Gasteiger partial charge in [0.2, 0.25) is 23.8 Å². The molecular formula is C33H54Cl4N18O2. The number of hydrazone groups is 4. The number of nitrogens with zero attached hydrogens (tertiary/aromatic N) is 4. The first-order valence-corrected chi connectivity index (χ1v) is 16.5. The number of nitrogens with one attached hydrogen (secondary N) is 10. The molecule has 0 saturated carbocycles. The number of rotatable bonds is 18. The van der Waals surface area contributed by atoms with Crippen LogP contribution in [0.3, 0.4) is 0 Å². The molecular weight excluding hydrogens is 822 g/mol. The van der Waals surface area contributed by atoms with Crippen molar-refractivity contribution in [3.63, 3.8) is 0 Å². The molecule has 2 aromatic carbocycles. The number of ketones is 2. The van der Waals surface area contributed by atoms with Crippen LogP contribution in [0.4, 0.5) is 11.4 Å². The molecule has 0 saturated heterocycles. The number of carbonyl (C=O) groups is 2. The summed E-state index contributed by atoms with van der Waals surface area (Å²) in [6.45, 7) is 6.34. The van der Waals surface area contributed by atoms with Gasteiger partial charge in [0.05, 0.1) is 11.4 Å². The number of nitrogens with two attached hydrogens (primary N) is 4. The van der Waals surface area contributed by atoms with Crippen LogP contribution in [0.15, 0.2) is 56.8 Å². The second kappa shape index (κ2) is 28.7. The van der Waals surface area contributed by atoms with E-state index >= 15 is 0 Å². The van der Waals surface area contributed by atoms with Crippen molar-refractivity contribution in [3.05, 3.63) is 58.7 Å². The van der Waals surface area contributed by atoms with Gasteiger partial charge in [-0.2, -0.15) is 20.4 Å². The van der Waals surface area contributed by atoms with E-state index in [1.807, 2.05) is 18.2 Å². The Bertz CT molecular complexity index is 1750. The van der Waals surface area contributed by atoms with Gasteiger partial charge in [-0.05, 0) is 76.9 Å². The van der Waals surface area contributed by atoms with E-state index < -0.39 is 0 Å². The van der Waals surface area contributed by atoms with E-state index in [4.69, 9.17) is 44.6 Å². The Morgan fingerprint density at radius 3 is 1.07 bits per heavy atom. The average Bonchev–Trinajstić information content (AvgIpc) is 3.09. The van der Waals surface area contributed by atoms with E-state index in [1.54, 1.807) is 32.0 Å². The summed E-state index contributed by atoms with van der Waals surface area (Å²) in [5.74, 6) is -0.648. The minimum Gasteiger partial charge on any atom is -0.369 e. The molecule has 0 bridgehead atoms. The fourth-order valence-electron chi connectivity index (χ4n) is 4.64. The van der Waals surface area contributed by atoms with Crippen molar-refractivity contribution >= 4 is 120 Å². The standard InChI is InChI=1S/C33H50N18O2.4ClH/c1-18(44-48-30(34)35)22-12-23(19(2)45-49-31(36)37)15-26(14-22)42-28(46-50-32(38)39)10-8-6-5-7-9-11-29(47-51-33(40)41)43-27-16-24(20(3)52)13-25(17-27)21(4)53;;;;/h12-17H,5-11H2,1-4H3,(H,42,46)(H,43,47)(H4,34,35,48)(H4,36,37,49)(H4,38,39,50)(H4,40,41,51);4*1H. The number of guanidine groups is 4. The molecule has 0 unspecified atom stereocenters. The van der Waals surface area contributed by atoms with Gasteiger partial charge >= 0.3 is 0 Å². The molecule has 0 heterocycles. The maximum atomic E-state index is 12.0. The van der Waals surface area contributed by atoms with Crippen LogP contribution in [0.2, 0.25) is 0 Å². The fraction of sp³-hybridized carbons (Fsp3) is 0.333. The smallest absolute Gasteiger partial charge is 0.206 e. The van der Waals surface area contributed by atoms with Gasteiger partial charge in [0.15, 0.2) is 11.6 Å². The lowest BCUT2D eigenvalue weighted by Gasteiger charge is -2.14. The predicted octanol–water partition coefficient (Wildman–Crippen LogP) is 4.04. The minimum atomic E-state index is -0.332. The molecule has 0 aliphatic heterocycles. The van der Waals surface area contributed by atoms with Gasteiger partial charge in [0.1, 0.15) is 11.7 Å². The number of benzene rings is 2. The van der Waals surface area contributed by atoms with Crippen molar-refractivity contribution in [2.75, 3.05) is 10.6 Å². The number of amidine groups is 2. The Kier molecular flexibility index (Phi) is 28.0. The first kappa shape index (κ1) is 55.6. The number of Topliss-reactive ketones (excluding diaryl/α,β-unsaturated/α-hetero) is 2. The normalized spacial score (nSPS) is 11.2. The number of anilines is 2. The van der Waals surface area contributed by atoms with Crippen LogP contribution >= 0.6 is 49.6 Å². The number of unbranched alkanes of at least 4 members (excludes halogenated alkanes) is 4. The van der Waals surface area contributed by atoms with Crippen molar-refractivity contribution in [1.29, 1.82) is 21.6 Å². The zero-order valence-corrected chi connectivity index (χ0v) is 35.2. The maximum Gasteiger partial charge on any atom is 0.206 e. The fourth-order valence-corrected chi connectivity index (χ4v) is 4.64. The van der Waals surface area contributed by atoms with Crippen LogP contribution in [0.1, 0.15) is 104 Å². The summed E-state index contributed by atoms with van der Waals surface area (Å²) in [6.07, 6.45) is 5.10. The summed E-state index contributed by atoms with van der Waals surface area (Å²) in [6, 6.07) is 10.3. The lowest BCUT2D eigenvalue weighted by molar-refractivity contribution is 0.101. The highest BCUT2D eigenvalue weighted by molar-refractivity contribution is 6.07. The van der Waals surface area contributed by atoms with Gasteiger partial charge in [-0.25, -0.2) is 21.7 Å². The van der Waals surface area contributed by atoms with Crippen molar-refractivity contribution in [1.82, 2.24) is 21.7 Å². The second-order valence-corrected chi connectivity index (χ2v) is 11.8. The molecule has 0 fully saturated rings. The van der Waals surface area contributed by atoms with Crippen molar-refractivity contribution < 1.29 is 9.59 Å². The summed E-state index contributed by atoms with van der Waals surface area (Å²) in [4.78, 5) is 24.1. The Balaban J connectivity index is -0.00000729. The van der Waals surface area contributed by atoms with Gasteiger partial charge in [0.25, 0.3) is 0 Å². The van der Waals surface area contributed by atoms with Gasteiger partial charge in [-0.3, -0.25) is 31.2 Å². The molecule has 316 valence electrons. The van der Waals surface area contributed by atoms with Crippen LogP contribution in [0.5, 0.6) is 0 Å². The molecule has 24 heteroatoms. The topological polar surface area (TPSA) is 355 Å². The van der Waals surface area contributed by atoms with E-state index in [1.165, 1.54) is 13.8 Å². The van der Waals surface area contributed by atoms with E-state index in [0.717, 1.165) is 32.1 Å². The van der Waals surface area contributed by atoms with E-state index in [0.29, 0.717) is 69.6 Å². The molecule has 0 aliphatic carbocycles. The summed E-state index contributed by atoms with van der Waals surface area (Å²) in [5.41, 5.74) is 35.9. The third-order valence-electron chi connectivity index (χ3n) is 7.23. The summed E-state index contributed by atoms with van der Waals surface area (Å²) in [5, 5.41) is 53.1. The van der Waals surface area contributed by atoms with E-state index in [2.05, 4.69) is 52.7 Å². The molecule has 0 spiro atoms. The third-order valence-corrected chi connectivity index (χ3v) is 7.23. The third kappa shape index (κ3) is 22.4. The van der Waals surface area contributed by atoms with Crippen molar-refractivity contribution in [3.8, 4) is 0 Å². The molecule has 2 rings (SSSR count). The predicted molar refractivity (Wildman–Crippen MR) is 241 cm³/mol. The second-order valence-electron chi connectivity index (χ2n) is 11.8. The quantitative estimate of drug-likeness (QED) is 0.0332. The molecule has 0 radical (unpaired) electrons. The number of halogens is 4. The number of hydrogen-bond acceptors (Lipinski definition) is 10. The first-order chi connectivity index (χ1) is 25.0. The largest absolute Gasteiger partial charge is 0.369 e. The van der Waals surface area contributed by atoms with Crippen LogP contribution in [-0.2, 0) is 0 Å². The Morgan fingerprint density at radius 1 is 0.474 bits per heavy atom. The summed E-state index contributed by atoms with van der Waals surface area (Å²) >= 11 is 0. The van der Waals surface area contributed by atoms with Crippen molar-refractivity contribution in [2.45, 2.75) is 72.6 Å². The number of carbonyl (C=O) groups excluding carboxylic acids is 2. The number of hydrogen-bond donors (Lipinski definition) is 14. The zero-order valence-electron chi connectivity index (χ0n) is 32.0. The SMILES string of the molecule is CC(=O)c1cc(NC(CCCCCCCC(=NNC(=N)N)Nc2cc(C(C)=NNC(=N)N)cc(C(C)=NNC(=N)N)c2)=NNC(=N)N)cc(C(C)=O)c1.Cl.Cl.Cl.Cl. The molecule has 57 heavy (non-hydrogen) atoms. The van der Waals surface area contributed by atoms with Crippen LogP contribution < -0.4 is 55.3 Å². The summed E-state index contributed by atoms with van der Waals surface area (Å²) < 4.78 is 0. The highest BCUT2D eigenvalue weighted by atomic mass is 35.5. The average molecular weight is 877 g/mol. The highest BCUT2D eigenvalue weighted by Crippen LogP contribution is 2.20. The minimum absolute atomic E-state index is 0. The summed E-state index contributed by atoms with van der Waals surface area (Å²) in [7, 11) is 0. The lowest BCUT2D eigenvalue weighted by Crippen LogP contribution is -2.28. The highest BCUT2D eigenvalue weighted by Gasteiger charge is 2.12. The molecule has 18 N–H and O–H groups in total. The van der Waals surface area contributed by atoms with Crippen molar-refractivity contribution in [2.24, 2.45) is 43.3 Å². The Hall–Kier alpha value is -5.70. The monoisotopic (exact) mass is 874 g/mol. The van der Waals surface area contributed by atoms with E-state index in [9.17, 15) is 9.59 Å². The van der Waals surface area contributed by atoms with E-state index in [-0.39, 0.29) is 85.0 Å². The van der Waals surface area contributed by atoms with Gasteiger partial charge in [-0.1, -0.05) is 19.3 Å². The molecule has 0 aromatic heterocycles. The Morgan fingerprint density at radius 2 is 0.754 bits per heavy atom. The van der Waals surface area contributed by atoms with Crippen LogP contribution in [0, 0.1) is 21.6 Å². The van der Waals surface area contributed by atoms with Crippen LogP contribution in [0.25, 0.3) is 0 Å². The molecule has 0 aliphatic rings. The molecule has 2 aromatic rings. The maximum absolute atomic E-state index is 12.0. The van der Waals surface area contributed by atoms with Gasteiger partial charge < -0.3 is 33.6 Å². The first-order valence-electron chi connectivity index (χ1n) is 16.5. The zero-order chi connectivity index (χ0) is 39.5. The molecule has 20 nitrogen and oxygen atoms in total. The molecule has 0 amide bonds. The van der Waals surface area contributed by atoms with Crippen LogP contribution in [-0.4, -0.2) is 58.5 Å².